The van der Waals surface area contributed by atoms with E-state index in [4.69, 9.17) is 0 Å². The summed E-state index contributed by atoms with van der Waals surface area (Å²) in [7, 11) is 0. The number of anilines is 1. The van der Waals surface area contributed by atoms with Gasteiger partial charge < -0.3 is 15.4 Å². The number of rotatable bonds is 7. The first-order valence-electron chi connectivity index (χ1n) is 8.48. The first-order valence-corrected chi connectivity index (χ1v) is 8.48. The Balaban J connectivity index is 1.57. The topological polar surface area (TPSA) is 108 Å². The number of amides is 1. The Labute approximate surface area is 155 Å². The van der Waals surface area contributed by atoms with Crippen molar-refractivity contribution < 1.29 is 9.72 Å². The summed E-state index contributed by atoms with van der Waals surface area (Å²) < 4.78 is 3.30. The first-order chi connectivity index (χ1) is 12.9. The lowest BCUT2D eigenvalue weighted by atomic mass is 10.2. The smallest absolute Gasteiger partial charge is 0.358 e. The fraction of sp³-hybridized carbons (Fsp3) is 0.278. The van der Waals surface area contributed by atoms with E-state index in [1.165, 1.54) is 16.9 Å². The molecule has 9 nitrogen and oxygen atoms in total. The van der Waals surface area contributed by atoms with E-state index in [0.717, 1.165) is 17.0 Å². The van der Waals surface area contributed by atoms with Crippen LogP contribution in [-0.4, -0.2) is 30.4 Å². The number of carbonyl (C=O) groups excluding carboxylic acids is 1. The molecule has 3 aromatic rings. The van der Waals surface area contributed by atoms with Gasteiger partial charge in [-0.1, -0.05) is 12.1 Å². The van der Waals surface area contributed by atoms with Crippen molar-refractivity contribution in [3.63, 3.8) is 0 Å². The number of aryl methyl sites for hydroxylation is 3. The summed E-state index contributed by atoms with van der Waals surface area (Å²) in [5, 5.41) is 21.7. The molecule has 0 bridgehead atoms. The van der Waals surface area contributed by atoms with Crippen LogP contribution in [0.5, 0.6) is 0 Å². The van der Waals surface area contributed by atoms with Crippen molar-refractivity contribution in [2.75, 3.05) is 5.32 Å². The Morgan fingerprint density at radius 1 is 1.22 bits per heavy atom. The van der Waals surface area contributed by atoms with Crippen molar-refractivity contribution in [1.82, 2.24) is 19.6 Å². The Morgan fingerprint density at radius 2 is 2.04 bits per heavy atom. The number of carbonyl (C=O) groups is 1. The molecule has 0 spiro atoms. The fourth-order valence-electron chi connectivity index (χ4n) is 2.77. The van der Waals surface area contributed by atoms with E-state index in [1.54, 1.807) is 0 Å². The summed E-state index contributed by atoms with van der Waals surface area (Å²) in [6.07, 6.45) is 1.65. The van der Waals surface area contributed by atoms with E-state index in [0.29, 0.717) is 12.2 Å². The molecule has 1 N–H and O–H groups in total. The summed E-state index contributed by atoms with van der Waals surface area (Å²) in [5.74, 6) is -0.413. The van der Waals surface area contributed by atoms with Crippen LogP contribution in [0.3, 0.4) is 0 Å². The molecule has 0 saturated carbocycles. The third-order valence-corrected chi connectivity index (χ3v) is 4.03. The van der Waals surface area contributed by atoms with Gasteiger partial charge in [-0.25, -0.2) is 0 Å². The highest BCUT2D eigenvalue weighted by Crippen LogP contribution is 2.14. The van der Waals surface area contributed by atoms with Crippen LogP contribution < -0.4 is 5.32 Å². The Morgan fingerprint density at radius 3 is 2.70 bits per heavy atom. The van der Waals surface area contributed by atoms with Gasteiger partial charge in [0.2, 0.25) is 5.91 Å². The third kappa shape index (κ3) is 4.78. The number of hydrogen-bond donors (Lipinski definition) is 1. The van der Waals surface area contributed by atoms with Gasteiger partial charge in [-0.05, 0) is 42.5 Å². The van der Waals surface area contributed by atoms with Crippen molar-refractivity contribution in [2.24, 2.45) is 0 Å². The zero-order chi connectivity index (χ0) is 19.4. The lowest BCUT2D eigenvalue weighted by molar-refractivity contribution is -0.389. The molecule has 1 amide bonds. The largest absolute Gasteiger partial charge is 0.389 e. The highest BCUT2D eigenvalue weighted by atomic mass is 16.6. The number of nitrogens with zero attached hydrogens (tertiary/aromatic N) is 5. The van der Waals surface area contributed by atoms with Gasteiger partial charge in [-0.3, -0.25) is 9.48 Å². The van der Waals surface area contributed by atoms with Gasteiger partial charge >= 0.3 is 5.82 Å². The van der Waals surface area contributed by atoms with Gasteiger partial charge in [0.05, 0.1) is 36.1 Å². The van der Waals surface area contributed by atoms with Gasteiger partial charge in [0, 0.05) is 17.8 Å². The maximum Gasteiger partial charge on any atom is 0.389 e. The van der Waals surface area contributed by atoms with Crippen molar-refractivity contribution in [1.29, 1.82) is 0 Å². The molecule has 140 valence electrons. The van der Waals surface area contributed by atoms with Crippen LogP contribution in [0.25, 0.3) is 0 Å². The molecule has 0 aliphatic heterocycles. The Hall–Kier alpha value is -3.49. The van der Waals surface area contributed by atoms with Crippen molar-refractivity contribution in [2.45, 2.75) is 33.4 Å². The minimum atomic E-state index is -0.565. The lowest BCUT2D eigenvalue weighted by Crippen LogP contribution is -2.15. The number of nitrogens with one attached hydrogen (secondary N) is 1. The molecule has 2 aromatic heterocycles. The van der Waals surface area contributed by atoms with Crippen molar-refractivity contribution in [3.8, 4) is 0 Å². The number of benzene rings is 1. The Bertz CT molecular complexity index is 975. The van der Waals surface area contributed by atoms with Crippen molar-refractivity contribution in [3.05, 3.63) is 69.7 Å². The predicted octanol–water partition coefficient (Wildman–Crippen LogP) is 2.68. The fourth-order valence-corrected chi connectivity index (χ4v) is 2.77. The van der Waals surface area contributed by atoms with Gasteiger partial charge in [-0.2, -0.15) is 9.78 Å². The second-order valence-electron chi connectivity index (χ2n) is 6.28. The third-order valence-electron chi connectivity index (χ3n) is 4.03. The lowest BCUT2D eigenvalue weighted by Gasteiger charge is -2.08. The van der Waals surface area contributed by atoms with Gasteiger partial charge in [0.25, 0.3) is 0 Å². The minimum absolute atomic E-state index is 0.167. The van der Waals surface area contributed by atoms with Crippen LogP contribution in [0.1, 0.15) is 23.4 Å². The van der Waals surface area contributed by atoms with E-state index in [9.17, 15) is 14.9 Å². The molecule has 0 fully saturated rings. The average Bonchev–Trinajstić information content (AvgIpc) is 3.20. The molecule has 0 aliphatic carbocycles. The molecule has 0 radical (unpaired) electrons. The van der Waals surface area contributed by atoms with Gasteiger partial charge in [0.1, 0.15) is 0 Å². The molecular weight excluding hydrogens is 348 g/mol. The van der Waals surface area contributed by atoms with E-state index in [-0.39, 0.29) is 24.7 Å². The molecule has 0 aliphatic rings. The van der Waals surface area contributed by atoms with E-state index in [1.807, 2.05) is 48.9 Å². The summed E-state index contributed by atoms with van der Waals surface area (Å²) in [4.78, 5) is 22.2. The Kier molecular flexibility index (Phi) is 5.30. The van der Waals surface area contributed by atoms with Crippen LogP contribution in [0.4, 0.5) is 11.5 Å². The average molecular weight is 368 g/mol. The maximum absolute atomic E-state index is 12.1. The number of hydrogen-bond acceptors (Lipinski definition) is 5. The number of aromatic nitrogens is 4. The molecule has 27 heavy (non-hydrogen) atoms. The zero-order valence-corrected chi connectivity index (χ0v) is 15.1. The van der Waals surface area contributed by atoms with Crippen LogP contribution in [-0.2, 0) is 17.9 Å². The molecule has 0 atom stereocenters. The quantitative estimate of drug-likeness (QED) is 0.509. The molecule has 1 aromatic carbocycles. The van der Waals surface area contributed by atoms with E-state index < -0.39 is 4.92 Å². The molecular formula is C18H20N6O3. The zero-order valence-electron chi connectivity index (χ0n) is 15.1. The molecule has 2 heterocycles. The van der Waals surface area contributed by atoms with E-state index >= 15 is 0 Å². The molecule has 0 saturated heterocycles. The van der Waals surface area contributed by atoms with Crippen LogP contribution in [0.2, 0.25) is 0 Å². The van der Waals surface area contributed by atoms with Gasteiger partial charge in [-0.15, -0.1) is 0 Å². The minimum Gasteiger partial charge on any atom is -0.358 e. The predicted molar refractivity (Wildman–Crippen MR) is 99.4 cm³/mol. The molecule has 9 heteroatoms. The highest BCUT2D eigenvalue weighted by Gasteiger charge is 2.12. The second kappa shape index (κ2) is 7.81. The molecule has 0 unspecified atom stereocenters. The van der Waals surface area contributed by atoms with Crippen LogP contribution >= 0.6 is 0 Å². The summed E-state index contributed by atoms with van der Waals surface area (Å²) in [6.45, 7) is 4.85. The number of nitro groups is 1. The summed E-state index contributed by atoms with van der Waals surface area (Å²) in [6, 6.07) is 10.9. The maximum atomic E-state index is 12.1. The van der Waals surface area contributed by atoms with Crippen LogP contribution in [0.15, 0.2) is 42.6 Å². The van der Waals surface area contributed by atoms with Crippen LogP contribution in [0, 0.1) is 24.0 Å². The van der Waals surface area contributed by atoms with Crippen molar-refractivity contribution >= 4 is 17.4 Å². The SMILES string of the molecule is Cc1cc(C)n(Cc2cccc(NC(=O)CCn3ccc([N+](=O)[O-])n3)c2)n1. The summed E-state index contributed by atoms with van der Waals surface area (Å²) >= 11 is 0. The monoisotopic (exact) mass is 368 g/mol. The van der Waals surface area contributed by atoms with Gasteiger partial charge in [0.15, 0.2) is 0 Å². The second-order valence-corrected chi connectivity index (χ2v) is 6.28. The molecule has 3 rings (SSSR count). The first kappa shape index (κ1) is 18.3. The highest BCUT2D eigenvalue weighted by molar-refractivity contribution is 5.90. The normalized spacial score (nSPS) is 10.7. The van der Waals surface area contributed by atoms with E-state index in [2.05, 4.69) is 15.5 Å². The standard InChI is InChI=1S/C18H20N6O3/c1-13-10-14(2)23(20-13)12-15-4-3-5-16(11-15)19-18(25)7-9-22-8-6-17(21-22)24(26)27/h3-6,8,10-11H,7,9,12H2,1-2H3,(H,19,25). The summed E-state index contributed by atoms with van der Waals surface area (Å²) in [5.41, 5.74) is 3.78.